The summed E-state index contributed by atoms with van der Waals surface area (Å²) in [5.74, 6) is -0.264. The first kappa shape index (κ1) is 22.9. The molecule has 2 aromatic rings. The second-order valence-electron chi connectivity index (χ2n) is 8.48. The van der Waals surface area contributed by atoms with Crippen LogP contribution in [0, 0.1) is 6.92 Å². The SMILES string of the molecule is Cc1ccc(S(=O)(=O)N2CCCC2)cc1C(=O)NCc1cccc(CN2CCOCC2)c1. The van der Waals surface area contributed by atoms with Gasteiger partial charge in [-0.1, -0.05) is 30.3 Å². The number of hydrogen-bond acceptors (Lipinski definition) is 5. The third kappa shape index (κ3) is 5.38. The van der Waals surface area contributed by atoms with Gasteiger partial charge in [-0.3, -0.25) is 9.69 Å². The minimum atomic E-state index is -3.56. The van der Waals surface area contributed by atoms with Crippen molar-refractivity contribution in [3.63, 3.8) is 0 Å². The predicted molar refractivity (Wildman–Crippen MR) is 123 cm³/mol. The zero-order valence-electron chi connectivity index (χ0n) is 18.5. The maximum Gasteiger partial charge on any atom is 0.251 e. The maximum absolute atomic E-state index is 12.9. The molecule has 0 radical (unpaired) electrons. The minimum absolute atomic E-state index is 0.183. The molecule has 32 heavy (non-hydrogen) atoms. The predicted octanol–water partition coefficient (Wildman–Crippen LogP) is 2.54. The van der Waals surface area contributed by atoms with Crippen molar-refractivity contribution in [2.24, 2.45) is 0 Å². The molecule has 0 aliphatic carbocycles. The van der Waals surface area contributed by atoms with E-state index < -0.39 is 10.0 Å². The second-order valence-corrected chi connectivity index (χ2v) is 10.4. The molecule has 2 aliphatic rings. The summed E-state index contributed by atoms with van der Waals surface area (Å²) in [7, 11) is -3.56. The lowest BCUT2D eigenvalue weighted by Crippen LogP contribution is -2.35. The molecule has 0 atom stereocenters. The van der Waals surface area contributed by atoms with E-state index in [2.05, 4.69) is 22.3 Å². The molecule has 2 aromatic carbocycles. The van der Waals surface area contributed by atoms with Crippen LogP contribution in [0.3, 0.4) is 0 Å². The van der Waals surface area contributed by atoms with Gasteiger partial charge in [0.05, 0.1) is 18.1 Å². The highest BCUT2D eigenvalue weighted by Crippen LogP contribution is 2.23. The van der Waals surface area contributed by atoms with Gasteiger partial charge in [0.25, 0.3) is 5.91 Å². The van der Waals surface area contributed by atoms with Gasteiger partial charge in [0.15, 0.2) is 0 Å². The maximum atomic E-state index is 12.9. The van der Waals surface area contributed by atoms with Crippen molar-refractivity contribution in [1.82, 2.24) is 14.5 Å². The van der Waals surface area contributed by atoms with Crippen molar-refractivity contribution in [2.45, 2.75) is 37.8 Å². The molecule has 1 N–H and O–H groups in total. The molecule has 2 saturated heterocycles. The summed E-state index contributed by atoms with van der Waals surface area (Å²) in [5.41, 5.74) is 3.37. The summed E-state index contributed by atoms with van der Waals surface area (Å²) >= 11 is 0. The van der Waals surface area contributed by atoms with Crippen molar-refractivity contribution in [1.29, 1.82) is 0 Å². The van der Waals surface area contributed by atoms with Crippen LogP contribution in [0.25, 0.3) is 0 Å². The Hall–Kier alpha value is -2.26. The van der Waals surface area contributed by atoms with Gasteiger partial charge in [-0.25, -0.2) is 8.42 Å². The molecule has 0 spiro atoms. The third-order valence-electron chi connectivity index (χ3n) is 6.11. The van der Waals surface area contributed by atoms with Gasteiger partial charge >= 0.3 is 0 Å². The van der Waals surface area contributed by atoms with E-state index in [0.717, 1.165) is 56.8 Å². The molecule has 0 unspecified atom stereocenters. The Morgan fingerprint density at radius 3 is 2.47 bits per heavy atom. The van der Waals surface area contributed by atoms with E-state index in [-0.39, 0.29) is 10.8 Å². The van der Waals surface area contributed by atoms with E-state index in [4.69, 9.17) is 4.74 Å². The molecule has 2 fully saturated rings. The van der Waals surface area contributed by atoms with Crippen LogP contribution >= 0.6 is 0 Å². The number of amides is 1. The number of ether oxygens (including phenoxy) is 1. The number of sulfonamides is 1. The van der Waals surface area contributed by atoms with Crippen LogP contribution in [0.5, 0.6) is 0 Å². The van der Waals surface area contributed by atoms with Gasteiger partial charge in [-0.2, -0.15) is 4.31 Å². The van der Waals surface area contributed by atoms with E-state index in [1.807, 2.05) is 19.1 Å². The van der Waals surface area contributed by atoms with Gasteiger partial charge in [0.1, 0.15) is 0 Å². The quantitative estimate of drug-likeness (QED) is 0.691. The van der Waals surface area contributed by atoms with Crippen LogP contribution in [0.1, 0.15) is 39.9 Å². The molecule has 172 valence electrons. The lowest BCUT2D eigenvalue weighted by molar-refractivity contribution is 0.0342. The van der Waals surface area contributed by atoms with Crippen molar-refractivity contribution in [2.75, 3.05) is 39.4 Å². The Bertz CT molecular complexity index is 1060. The first-order valence-corrected chi connectivity index (χ1v) is 12.6. The number of nitrogens with one attached hydrogen (secondary N) is 1. The number of rotatable bonds is 7. The molecule has 0 aromatic heterocycles. The van der Waals surface area contributed by atoms with Gasteiger partial charge in [0.2, 0.25) is 10.0 Å². The van der Waals surface area contributed by atoms with Crippen LogP contribution in [-0.4, -0.2) is 62.9 Å². The molecule has 7 nitrogen and oxygen atoms in total. The van der Waals surface area contributed by atoms with Crippen molar-refractivity contribution >= 4 is 15.9 Å². The van der Waals surface area contributed by atoms with Gasteiger partial charge in [0, 0.05) is 44.8 Å². The fourth-order valence-corrected chi connectivity index (χ4v) is 5.76. The number of carbonyl (C=O) groups excluding carboxylic acids is 1. The summed E-state index contributed by atoms with van der Waals surface area (Å²) in [6.07, 6.45) is 1.76. The van der Waals surface area contributed by atoms with Gasteiger partial charge < -0.3 is 10.1 Å². The molecular formula is C24H31N3O4S. The van der Waals surface area contributed by atoms with E-state index in [1.54, 1.807) is 12.1 Å². The standard InChI is InChI=1S/C24H31N3O4S/c1-19-7-8-22(32(29,30)27-9-2-3-10-27)16-23(19)24(28)25-17-20-5-4-6-21(15-20)18-26-11-13-31-14-12-26/h4-8,15-16H,2-3,9-14,17-18H2,1H3,(H,25,28). The van der Waals surface area contributed by atoms with Gasteiger partial charge in [-0.05, 0) is 48.6 Å². The van der Waals surface area contributed by atoms with Crippen molar-refractivity contribution in [3.8, 4) is 0 Å². The Morgan fingerprint density at radius 1 is 1.00 bits per heavy atom. The first-order chi connectivity index (χ1) is 15.4. The Balaban J connectivity index is 1.42. The largest absolute Gasteiger partial charge is 0.379 e. The molecule has 8 heteroatoms. The average molecular weight is 458 g/mol. The summed E-state index contributed by atoms with van der Waals surface area (Å²) < 4.78 is 32.7. The number of benzene rings is 2. The highest BCUT2D eigenvalue weighted by atomic mass is 32.2. The van der Waals surface area contributed by atoms with Crippen molar-refractivity contribution in [3.05, 3.63) is 64.7 Å². The van der Waals surface area contributed by atoms with E-state index in [0.29, 0.717) is 25.2 Å². The normalized spacial score (nSPS) is 18.0. The molecular weight excluding hydrogens is 426 g/mol. The highest BCUT2D eigenvalue weighted by Gasteiger charge is 2.28. The highest BCUT2D eigenvalue weighted by molar-refractivity contribution is 7.89. The first-order valence-electron chi connectivity index (χ1n) is 11.2. The number of aryl methyl sites for hydroxylation is 1. The van der Waals surface area contributed by atoms with Crippen LogP contribution in [0.4, 0.5) is 0 Å². The number of carbonyl (C=O) groups is 1. The summed E-state index contributed by atoms with van der Waals surface area (Å²) in [6, 6.07) is 13.0. The smallest absolute Gasteiger partial charge is 0.251 e. The van der Waals surface area contributed by atoms with E-state index >= 15 is 0 Å². The molecule has 0 saturated carbocycles. The van der Waals surface area contributed by atoms with Gasteiger partial charge in [-0.15, -0.1) is 0 Å². The number of morpholine rings is 1. The number of hydrogen-bond donors (Lipinski definition) is 1. The van der Waals surface area contributed by atoms with E-state index in [9.17, 15) is 13.2 Å². The average Bonchev–Trinajstić information content (AvgIpc) is 3.35. The Labute approximate surface area is 190 Å². The molecule has 2 heterocycles. The fourth-order valence-electron chi connectivity index (χ4n) is 4.22. The number of nitrogens with zero attached hydrogens (tertiary/aromatic N) is 2. The topological polar surface area (TPSA) is 79.0 Å². The van der Waals surface area contributed by atoms with Crippen LogP contribution in [0.15, 0.2) is 47.4 Å². The molecule has 4 rings (SSSR count). The second kappa shape index (κ2) is 10.1. The molecule has 1 amide bonds. The summed E-state index contributed by atoms with van der Waals surface area (Å²) in [4.78, 5) is 15.4. The zero-order chi connectivity index (χ0) is 22.6. The summed E-state index contributed by atoms with van der Waals surface area (Å²) in [5, 5.41) is 2.95. The van der Waals surface area contributed by atoms with Crippen LogP contribution in [0.2, 0.25) is 0 Å². The monoisotopic (exact) mass is 457 g/mol. The molecule has 0 bridgehead atoms. The van der Waals surface area contributed by atoms with E-state index in [1.165, 1.54) is 15.9 Å². The summed E-state index contributed by atoms with van der Waals surface area (Å²) in [6.45, 7) is 7.54. The fraction of sp³-hybridized carbons (Fsp3) is 0.458. The van der Waals surface area contributed by atoms with Crippen molar-refractivity contribution < 1.29 is 17.9 Å². The third-order valence-corrected chi connectivity index (χ3v) is 8.01. The molecule has 2 aliphatic heterocycles. The minimum Gasteiger partial charge on any atom is -0.379 e. The lowest BCUT2D eigenvalue weighted by atomic mass is 10.1. The van der Waals surface area contributed by atoms with Crippen LogP contribution < -0.4 is 5.32 Å². The zero-order valence-corrected chi connectivity index (χ0v) is 19.4. The lowest BCUT2D eigenvalue weighted by Gasteiger charge is -2.26. The van der Waals surface area contributed by atoms with Crippen LogP contribution in [-0.2, 0) is 27.8 Å². The Morgan fingerprint density at radius 2 is 1.72 bits per heavy atom. The Kier molecular flexibility index (Phi) is 7.25.